The van der Waals surface area contributed by atoms with Crippen molar-refractivity contribution in [3.8, 4) is 11.5 Å². The Balaban J connectivity index is 0.000000980. The molecule has 2 rings (SSSR count). The van der Waals surface area contributed by atoms with E-state index in [4.69, 9.17) is 4.74 Å². The average Bonchev–Trinajstić information content (AvgIpc) is 2.21. The Bertz CT molecular complexity index is 321. The molecule has 14 heavy (non-hydrogen) atoms. The summed E-state index contributed by atoms with van der Waals surface area (Å²) >= 11 is 0. The number of benzene rings is 2. The van der Waals surface area contributed by atoms with Gasteiger partial charge in [0.15, 0.2) is 0 Å². The van der Waals surface area contributed by atoms with Gasteiger partial charge in [-0.25, -0.2) is 0 Å². The minimum absolute atomic E-state index is 0. The number of rotatable bonds is 2. The van der Waals surface area contributed by atoms with Crippen LogP contribution in [0.3, 0.4) is 0 Å². The SMILES string of the molecule is [Ti].c1ccc(Oc2ccccc2)cc1. The molecule has 0 saturated carbocycles. The van der Waals surface area contributed by atoms with Crippen LogP contribution in [0.25, 0.3) is 0 Å². The summed E-state index contributed by atoms with van der Waals surface area (Å²) in [5.74, 6) is 1.74. The molecule has 0 amide bonds. The second kappa shape index (κ2) is 5.64. The number of hydrogen-bond donors (Lipinski definition) is 0. The molecule has 0 saturated heterocycles. The van der Waals surface area contributed by atoms with Crippen molar-refractivity contribution in [3.05, 3.63) is 60.7 Å². The minimum Gasteiger partial charge on any atom is -0.457 e. The van der Waals surface area contributed by atoms with Crippen LogP contribution in [0.15, 0.2) is 60.7 Å². The average molecular weight is 218 g/mol. The van der Waals surface area contributed by atoms with Crippen molar-refractivity contribution in [1.29, 1.82) is 0 Å². The normalized spacial score (nSPS) is 8.86. The zero-order valence-corrected chi connectivity index (χ0v) is 9.24. The topological polar surface area (TPSA) is 9.23 Å². The molecule has 68 valence electrons. The van der Waals surface area contributed by atoms with Gasteiger partial charge in [0.25, 0.3) is 0 Å². The van der Waals surface area contributed by atoms with Crippen molar-refractivity contribution >= 4 is 0 Å². The van der Waals surface area contributed by atoms with Crippen LogP contribution in [0.5, 0.6) is 11.5 Å². The van der Waals surface area contributed by atoms with E-state index in [1.54, 1.807) is 0 Å². The summed E-state index contributed by atoms with van der Waals surface area (Å²) in [5, 5.41) is 0. The van der Waals surface area contributed by atoms with Gasteiger partial charge in [0.2, 0.25) is 0 Å². The first kappa shape index (κ1) is 11.0. The van der Waals surface area contributed by atoms with Crippen LogP contribution in [0.1, 0.15) is 0 Å². The Morgan fingerprint density at radius 3 is 1.29 bits per heavy atom. The maximum atomic E-state index is 5.58. The fraction of sp³-hybridized carbons (Fsp3) is 0. The zero-order chi connectivity index (χ0) is 8.93. The third-order valence-corrected chi connectivity index (χ3v) is 1.72. The first-order valence-electron chi connectivity index (χ1n) is 4.23. The molecule has 2 heteroatoms. The molecule has 2 aromatic rings. The van der Waals surface area contributed by atoms with E-state index in [9.17, 15) is 0 Å². The van der Waals surface area contributed by atoms with Crippen LogP contribution in [-0.2, 0) is 21.7 Å². The molecule has 0 unspecified atom stereocenters. The first-order valence-corrected chi connectivity index (χ1v) is 4.23. The van der Waals surface area contributed by atoms with E-state index in [0.29, 0.717) is 0 Å². The third kappa shape index (κ3) is 3.02. The van der Waals surface area contributed by atoms with Gasteiger partial charge >= 0.3 is 0 Å². The Kier molecular flexibility index (Phi) is 4.44. The van der Waals surface area contributed by atoms with Gasteiger partial charge in [-0.05, 0) is 24.3 Å². The minimum atomic E-state index is 0. The molecule has 0 atom stereocenters. The van der Waals surface area contributed by atoms with Crippen molar-refractivity contribution < 1.29 is 26.5 Å². The third-order valence-electron chi connectivity index (χ3n) is 1.72. The van der Waals surface area contributed by atoms with E-state index in [2.05, 4.69) is 0 Å². The fourth-order valence-electron chi connectivity index (χ4n) is 1.11. The predicted octanol–water partition coefficient (Wildman–Crippen LogP) is 3.48. The molecule has 1 nitrogen and oxygen atoms in total. The van der Waals surface area contributed by atoms with Crippen LogP contribution < -0.4 is 4.74 Å². The van der Waals surface area contributed by atoms with E-state index >= 15 is 0 Å². The van der Waals surface area contributed by atoms with E-state index in [-0.39, 0.29) is 21.7 Å². The Morgan fingerprint density at radius 1 is 0.571 bits per heavy atom. The largest absolute Gasteiger partial charge is 0.457 e. The Morgan fingerprint density at radius 2 is 0.929 bits per heavy atom. The Hall–Kier alpha value is -1.05. The summed E-state index contributed by atoms with van der Waals surface area (Å²) in [5.41, 5.74) is 0. The van der Waals surface area contributed by atoms with Gasteiger partial charge in [0, 0.05) is 21.7 Å². The molecular formula is C12H10OTi. The monoisotopic (exact) mass is 218 g/mol. The number of hydrogen-bond acceptors (Lipinski definition) is 1. The molecular weight excluding hydrogens is 208 g/mol. The van der Waals surface area contributed by atoms with Crippen LogP contribution in [0, 0.1) is 0 Å². The summed E-state index contributed by atoms with van der Waals surface area (Å²) in [6, 6.07) is 19.5. The molecule has 0 bridgehead atoms. The molecule has 0 fully saturated rings. The van der Waals surface area contributed by atoms with E-state index in [1.807, 2.05) is 60.7 Å². The van der Waals surface area contributed by atoms with Gasteiger partial charge in [-0.3, -0.25) is 0 Å². The van der Waals surface area contributed by atoms with Crippen molar-refractivity contribution in [2.45, 2.75) is 0 Å². The Labute approximate surface area is 98.6 Å². The van der Waals surface area contributed by atoms with Gasteiger partial charge in [-0.15, -0.1) is 0 Å². The number of ether oxygens (including phenoxy) is 1. The van der Waals surface area contributed by atoms with Gasteiger partial charge in [-0.1, -0.05) is 36.4 Å². The molecule has 0 spiro atoms. The van der Waals surface area contributed by atoms with Crippen LogP contribution in [0.4, 0.5) is 0 Å². The summed E-state index contributed by atoms with van der Waals surface area (Å²) in [6.45, 7) is 0. The summed E-state index contributed by atoms with van der Waals surface area (Å²) in [4.78, 5) is 0. The quantitative estimate of drug-likeness (QED) is 0.701. The van der Waals surface area contributed by atoms with E-state index < -0.39 is 0 Å². The van der Waals surface area contributed by atoms with Crippen LogP contribution in [0.2, 0.25) is 0 Å². The van der Waals surface area contributed by atoms with Gasteiger partial charge < -0.3 is 4.74 Å². The van der Waals surface area contributed by atoms with Crippen molar-refractivity contribution in [3.63, 3.8) is 0 Å². The molecule has 0 radical (unpaired) electrons. The second-order valence-electron chi connectivity index (χ2n) is 2.73. The molecule has 0 aliphatic rings. The van der Waals surface area contributed by atoms with Gasteiger partial charge in [0.1, 0.15) is 11.5 Å². The number of para-hydroxylation sites is 2. The first-order chi connectivity index (χ1) is 6.45. The van der Waals surface area contributed by atoms with Crippen molar-refractivity contribution in [2.75, 3.05) is 0 Å². The summed E-state index contributed by atoms with van der Waals surface area (Å²) in [7, 11) is 0. The zero-order valence-electron chi connectivity index (χ0n) is 7.68. The maximum absolute atomic E-state index is 5.58. The smallest absolute Gasteiger partial charge is 0.127 e. The van der Waals surface area contributed by atoms with Crippen LogP contribution >= 0.6 is 0 Å². The molecule has 2 aromatic carbocycles. The van der Waals surface area contributed by atoms with Gasteiger partial charge in [0.05, 0.1) is 0 Å². The predicted molar refractivity (Wildman–Crippen MR) is 53.0 cm³/mol. The van der Waals surface area contributed by atoms with Crippen LogP contribution in [-0.4, -0.2) is 0 Å². The standard InChI is InChI=1S/C12H10O.Ti/c1-3-7-11(8-4-1)13-12-9-5-2-6-10-12;/h1-10H;. The molecule has 0 aromatic heterocycles. The molecule has 0 heterocycles. The van der Waals surface area contributed by atoms with Gasteiger partial charge in [-0.2, -0.15) is 0 Å². The maximum Gasteiger partial charge on any atom is 0.127 e. The van der Waals surface area contributed by atoms with Crippen molar-refractivity contribution in [1.82, 2.24) is 0 Å². The fourth-order valence-corrected chi connectivity index (χ4v) is 1.11. The van der Waals surface area contributed by atoms with Crippen molar-refractivity contribution in [2.24, 2.45) is 0 Å². The second-order valence-corrected chi connectivity index (χ2v) is 2.73. The molecule has 0 aliphatic carbocycles. The molecule has 0 aliphatic heterocycles. The summed E-state index contributed by atoms with van der Waals surface area (Å²) in [6.07, 6.45) is 0. The van der Waals surface area contributed by atoms with E-state index in [0.717, 1.165) is 11.5 Å². The van der Waals surface area contributed by atoms with E-state index in [1.165, 1.54) is 0 Å². The molecule has 0 N–H and O–H groups in total. The summed E-state index contributed by atoms with van der Waals surface area (Å²) < 4.78 is 5.58.